The molecule has 1 nitrogen and oxygen atoms in total. The van der Waals surface area contributed by atoms with Gasteiger partial charge in [-0.25, -0.2) is 0 Å². The molecule has 0 N–H and O–H groups in total. The van der Waals surface area contributed by atoms with Gasteiger partial charge in [0.1, 0.15) is 0 Å². The van der Waals surface area contributed by atoms with Crippen LogP contribution in [0.15, 0.2) is 0 Å². The van der Waals surface area contributed by atoms with Crippen molar-refractivity contribution in [2.24, 2.45) is 0 Å². The number of unbranched alkanes of at least 4 members (excludes halogenated alkanes) is 15. The van der Waals surface area contributed by atoms with E-state index in [0.717, 1.165) is 31.4 Å². The normalized spacial score (nSPS) is 11.5. The Balaban J connectivity index is 3.13. The van der Waals surface area contributed by atoms with E-state index in [0.29, 0.717) is 0 Å². The summed E-state index contributed by atoms with van der Waals surface area (Å²) in [6, 6.07) is 0. The minimum atomic E-state index is 0.718. The first-order chi connectivity index (χ1) is 12.3. The summed E-state index contributed by atoms with van der Waals surface area (Å²) in [6.45, 7) is 5.41. The zero-order valence-electron chi connectivity index (χ0n) is 17.1. The second kappa shape index (κ2) is 22.6. The fourth-order valence-electron chi connectivity index (χ4n) is 3.46. The van der Waals surface area contributed by atoms with E-state index in [4.69, 9.17) is 23.2 Å². The molecule has 0 saturated heterocycles. The summed E-state index contributed by atoms with van der Waals surface area (Å²) in [4.78, 5) is 2.39. The molecule has 0 rings (SSSR count). The van der Waals surface area contributed by atoms with Crippen LogP contribution in [0.1, 0.15) is 110 Å². The summed E-state index contributed by atoms with van der Waals surface area (Å²) >= 11 is 11.6. The maximum atomic E-state index is 5.82. The second-order valence-electron chi connectivity index (χ2n) is 7.52. The smallest absolute Gasteiger partial charge is 0.0351 e. The van der Waals surface area contributed by atoms with Crippen molar-refractivity contribution >= 4 is 23.2 Å². The summed E-state index contributed by atoms with van der Waals surface area (Å²) < 4.78 is 0. The summed E-state index contributed by atoms with van der Waals surface area (Å²) in [5, 5.41) is 0. The molecule has 0 atom stereocenters. The van der Waals surface area contributed by atoms with Crippen LogP contribution in [-0.4, -0.2) is 36.3 Å². The lowest BCUT2D eigenvalue weighted by Crippen LogP contribution is -2.28. The molecule has 0 aromatic carbocycles. The minimum Gasteiger partial charge on any atom is -0.301 e. The first kappa shape index (κ1) is 25.5. The lowest BCUT2D eigenvalue weighted by molar-refractivity contribution is 0.298. The molecule has 0 aliphatic carbocycles. The molecule has 0 aliphatic rings. The molecule has 0 saturated carbocycles. The van der Waals surface area contributed by atoms with Crippen LogP contribution in [0.4, 0.5) is 0 Å². The van der Waals surface area contributed by atoms with Crippen molar-refractivity contribution in [3.05, 3.63) is 0 Å². The van der Waals surface area contributed by atoms with Crippen molar-refractivity contribution in [3.63, 3.8) is 0 Å². The van der Waals surface area contributed by atoms with E-state index in [2.05, 4.69) is 11.8 Å². The standard InChI is InChI=1S/C22H45Cl2N/c1-2-3-4-5-6-7-8-9-10-11-12-13-14-15-16-17-20-25(21-18-23)22-19-24/h2-22H2,1H3. The number of rotatable bonds is 21. The maximum absolute atomic E-state index is 5.82. The molecule has 0 heterocycles. The second-order valence-corrected chi connectivity index (χ2v) is 8.28. The molecule has 0 aromatic heterocycles. The molecule has 152 valence electrons. The number of alkyl halides is 2. The van der Waals surface area contributed by atoms with Gasteiger partial charge in [-0.3, -0.25) is 0 Å². The van der Waals surface area contributed by atoms with E-state index in [-0.39, 0.29) is 0 Å². The Morgan fingerprint density at radius 3 is 1.08 bits per heavy atom. The van der Waals surface area contributed by atoms with Gasteiger partial charge in [-0.2, -0.15) is 0 Å². The van der Waals surface area contributed by atoms with Gasteiger partial charge in [-0.15, -0.1) is 23.2 Å². The van der Waals surface area contributed by atoms with Gasteiger partial charge in [0, 0.05) is 24.8 Å². The average molecular weight is 395 g/mol. The van der Waals surface area contributed by atoms with Crippen molar-refractivity contribution in [3.8, 4) is 0 Å². The Morgan fingerprint density at radius 2 is 0.760 bits per heavy atom. The van der Waals surface area contributed by atoms with Crippen molar-refractivity contribution in [1.82, 2.24) is 4.90 Å². The summed E-state index contributed by atoms with van der Waals surface area (Å²) in [5.41, 5.74) is 0. The fraction of sp³-hybridized carbons (Fsp3) is 1.00. The van der Waals surface area contributed by atoms with Crippen LogP contribution >= 0.6 is 23.2 Å². The zero-order valence-corrected chi connectivity index (χ0v) is 18.6. The number of halogens is 2. The average Bonchev–Trinajstić information content (AvgIpc) is 2.61. The molecule has 0 fully saturated rings. The molecule has 3 heteroatoms. The quantitative estimate of drug-likeness (QED) is 0.141. The first-order valence-electron chi connectivity index (χ1n) is 11.2. The highest BCUT2D eigenvalue weighted by Crippen LogP contribution is 2.13. The van der Waals surface area contributed by atoms with Gasteiger partial charge in [-0.05, 0) is 13.0 Å². The third-order valence-corrected chi connectivity index (χ3v) is 5.47. The molecule has 0 amide bonds. The summed E-state index contributed by atoms with van der Waals surface area (Å²) in [7, 11) is 0. The monoisotopic (exact) mass is 393 g/mol. The molecule has 0 aliphatic heterocycles. The van der Waals surface area contributed by atoms with Crippen LogP contribution in [0.2, 0.25) is 0 Å². The Bertz CT molecular complexity index is 230. The van der Waals surface area contributed by atoms with Crippen molar-refractivity contribution < 1.29 is 0 Å². The Kier molecular flexibility index (Phi) is 23.1. The highest BCUT2D eigenvalue weighted by Gasteiger charge is 2.02. The van der Waals surface area contributed by atoms with Crippen LogP contribution in [0, 0.1) is 0 Å². The third-order valence-electron chi connectivity index (χ3n) is 5.13. The number of nitrogens with zero attached hydrogens (tertiary/aromatic N) is 1. The van der Waals surface area contributed by atoms with Gasteiger partial charge in [0.25, 0.3) is 0 Å². The van der Waals surface area contributed by atoms with Gasteiger partial charge < -0.3 is 4.90 Å². The number of hydrogen-bond donors (Lipinski definition) is 0. The van der Waals surface area contributed by atoms with Crippen molar-refractivity contribution in [1.29, 1.82) is 0 Å². The van der Waals surface area contributed by atoms with E-state index in [1.807, 2.05) is 0 Å². The topological polar surface area (TPSA) is 3.24 Å². The Morgan fingerprint density at radius 1 is 0.440 bits per heavy atom. The Hall–Kier alpha value is 0.540. The van der Waals surface area contributed by atoms with Gasteiger partial charge in [0.05, 0.1) is 0 Å². The van der Waals surface area contributed by atoms with Gasteiger partial charge in [-0.1, -0.05) is 103 Å². The third kappa shape index (κ3) is 20.7. The summed E-state index contributed by atoms with van der Waals surface area (Å²) in [5.74, 6) is 1.44. The van der Waals surface area contributed by atoms with E-state index in [1.54, 1.807) is 0 Å². The lowest BCUT2D eigenvalue weighted by atomic mass is 10.0. The molecule has 25 heavy (non-hydrogen) atoms. The maximum Gasteiger partial charge on any atom is 0.0351 e. The molecule has 0 aromatic rings. The van der Waals surface area contributed by atoms with Gasteiger partial charge in [0.2, 0.25) is 0 Å². The predicted molar refractivity (Wildman–Crippen MR) is 117 cm³/mol. The van der Waals surface area contributed by atoms with E-state index in [9.17, 15) is 0 Å². The van der Waals surface area contributed by atoms with Crippen LogP contribution in [0.5, 0.6) is 0 Å². The van der Waals surface area contributed by atoms with E-state index < -0.39 is 0 Å². The van der Waals surface area contributed by atoms with Gasteiger partial charge >= 0.3 is 0 Å². The minimum absolute atomic E-state index is 0.718. The molecule has 0 unspecified atom stereocenters. The Labute approximate surface area is 169 Å². The highest BCUT2D eigenvalue weighted by molar-refractivity contribution is 6.18. The zero-order chi connectivity index (χ0) is 18.4. The van der Waals surface area contributed by atoms with Crippen molar-refractivity contribution in [2.75, 3.05) is 31.4 Å². The van der Waals surface area contributed by atoms with E-state index in [1.165, 1.54) is 103 Å². The molecule has 0 radical (unpaired) electrons. The van der Waals surface area contributed by atoms with Crippen LogP contribution in [0.3, 0.4) is 0 Å². The van der Waals surface area contributed by atoms with Crippen LogP contribution in [-0.2, 0) is 0 Å². The fourth-order valence-corrected chi connectivity index (χ4v) is 3.94. The molecule has 0 spiro atoms. The molecular weight excluding hydrogens is 349 g/mol. The molecular formula is C22H45Cl2N. The highest BCUT2D eigenvalue weighted by atomic mass is 35.5. The summed E-state index contributed by atoms with van der Waals surface area (Å²) in [6.07, 6.45) is 22.8. The van der Waals surface area contributed by atoms with Gasteiger partial charge in [0.15, 0.2) is 0 Å². The SMILES string of the molecule is CCCCCCCCCCCCCCCCCCN(CCCl)CCCl. The van der Waals surface area contributed by atoms with E-state index >= 15 is 0 Å². The van der Waals surface area contributed by atoms with Crippen LogP contribution in [0.25, 0.3) is 0 Å². The lowest BCUT2D eigenvalue weighted by Gasteiger charge is -2.19. The number of hydrogen-bond acceptors (Lipinski definition) is 1. The largest absolute Gasteiger partial charge is 0.301 e. The first-order valence-corrected chi connectivity index (χ1v) is 12.3. The predicted octanol–water partition coefficient (Wildman–Crippen LogP) is 8.03. The van der Waals surface area contributed by atoms with Crippen LogP contribution < -0.4 is 0 Å². The molecule has 0 bridgehead atoms. The van der Waals surface area contributed by atoms with Crippen molar-refractivity contribution in [2.45, 2.75) is 110 Å².